The zero-order valence-electron chi connectivity index (χ0n) is 10.6. The standard InChI is InChI=1S/C12H20N2O3/c1-5-10(6-2)13-12(17)14(7-9(3)4)8-11(15)16/h1,9-10H,6-8H2,2-4H3,(H,13,17)(H,15,16). The normalized spacial score (nSPS) is 11.7. The van der Waals surface area contributed by atoms with Crippen molar-refractivity contribution >= 4 is 12.0 Å². The molecule has 2 N–H and O–H groups in total. The van der Waals surface area contributed by atoms with Crippen molar-refractivity contribution in [3.05, 3.63) is 0 Å². The first-order valence-corrected chi connectivity index (χ1v) is 5.64. The van der Waals surface area contributed by atoms with Gasteiger partial charge in [-0.15, -0.1) is 6.42 Å². The van der Waals surface area contributed by atoms with Gasteiger partial charge >= 0.3 is 12.0 Å². The van der Waals surface area contributed by atoms with E-state index in [-0.39, 0.29) is 18.5 Å². The van der Waals surface area contributed by atoms with Crippen LogP contribution in [-0.2, 0) is 4.79 Å². The van der Waals surface area contributed by atoms with E-state index >= 15 is 0 Å². The van der Waals surface area contributed by atoms with E-state index in [2.05, 4.69) is 11.2 Å². The fourth-order valence-corrected chi connectivity index (χ4v) is 1.33. The Labute approximate surface area is 102 Å². The summed E-state index contributed by atoms with van der Waals surface area (Å²) in [7, 11) is 0. The van der Waals surface area contributed by atoms with Crippen molar-refractivity contribution < 1.29 is 14.7 Å². The van der Waals surface area contributed by atoms with Crippen molar-refractivity contribution in [3.8, 4) is 12.3 Å². The first kappa shape index (κ1) is 15.3. The van der Waals surface area contributed by atoms with Gasteiger partial charge in [0, 0.05) is 6.54 Å². The highest BCUT2D eigenvalue weighted by atomic mass is 16.4. The number of nitrogens with zero attached hydrogens (tertiary/aromatic N) is 1. The van der Waals surface area contributed by atoms with Crippen LogP contribution in [0.15, 0.2) is 0 Å². The maximum absolute atomic E-state index is 11.8. The lowest BCUT2D eigenvalue weighted by Gasteiger charge is -2.24. The first-order chi connectivity index (χ1) is 7.90. The monoisotopic (exact) mass is 240 g/mol. The third kappa shape index (κ3) is 6.46. The van der Waals surface area contributed by atoms with Crippen LogP contribution in [0, 0.1) is 18.3 Å². The van der Waals surface area contributed by atoms with Gasteiger partial charge in [-0.1, -0.05) is 26.7 Å². The highest BCUT2D eigenvalue weighted by Crippen LogP contribution is 2.00. The molecule has 1 atom stereocenters. The smallest absolute Gasteiger partial charge is 0.323 e. The summed E-state index contributed by atoms with van der Waals surface area (Å²) in [5.41, 5.74) is 0. The van der Waals surface area contributed by atoms with Gasteiger partial charge in [0.05, 0.1) is 6.04 Å². The minimum Gasteiger partial charge on any atom is -0.480 e. The van der Waals surface area contributed by atoms with Crippen molar-refractivity contribution in [3.63, 3.8) is 0 Å². The molecule has 0 saturated heterocycles. The number of carbonyl (C=O) groups excluding carboxylic acids is 1. The van der Waals surface area contributed by atoms with E-state index < -0.39 is 12.0 Å². The van der Waals surface area contributed by atoms with Gasteiger partial charge in [0.2, 0.25) is 0 Å². The lowest BCUT2D eigenvalue weighted by Crippen LogP contribution is -2.47. The van der Waals surface area contributed by atoms with Crippen LogP contribution in [0.1, 0.15) is 27.2 Å². The number of carboxylic acids is 1. The SMILES string of the molecule is C#CC(CC)NC(=O)N(CC(=O)O)CC(C)C. The molecule has 96 valence electrons. The molecule has 0 radical (unpaired) electrons. The summed E-state index contributed by atoms with van der Waals surface area (Å²) in [5.74, 6) is 1.61. The number of nitrogens with one attached hydrogen (secondary N) is 1. The maximum Gasteiger partial charge on any atom is 0.323 e. The van der Waals surface area contributed by atoms with Crippen molar-refractivity contribution in [2.75, 3.05) is 13.1 Å². The molecule has 0 aliphatic carbocycles. The highest BCUT2D eigenvalue weighted by molar-refractivity contribution is 5.80. The lowest BCUT2D eigenvalue weighted by atomic mass is 10.2. The molecule has 1 unspecified atom stereocenters. The molecule has 0 spiro atoms. The van der Waals surface area contributed by atoms with E-state index in [1.54, 1.807) is 0 Å². The average Bonchev–Trinajstić information content (AvgIpc) is 2.23. The van der Waals surface area contributed by atoms with Crippen molar-refractivity contribution in [1.82, 2.24) is 10.2 Å². The van der Waals surface area contributed by atoms with Crippen LogP contribution in [0.3, 0.4) is 0 Å². The van der Waals surface area contributed by atoms with Gasteiger partial charge in [-0.05, 0) is 12.3 Å². The second-order valence-corrected chi connectivity index (χ2v) is 4.25. The van der Waals surface area contributed by atoms with Gasteiger partial charge in [-0.3, -0.25) is 4.79 Å². The fraction of sp³-hybridized carbons (Fsp3) is 0.667. The molecule has 0 fully saturated rings. The van der Waals surface area contributed by atoms with Crippen LogP contribution in [0.2, 0.25) is 0 Å². The predicted molar refractivity (Wildman–Crippen MR) is 65.5 cm³/mol. The Morgan fingerprint density at radius 3 is 2.41 bits per heavy atom. The van der Waals surface area contributed by atoms with Crippen LogP contribution in [0.5, 0.6) is 0 Å². The Morgan fingerprint density at radius 2 is 2.06 bits per heavy atom. The van der Waals surface area contributed by atoms with E-state index in [1.807, 2.05) is 20.8 Å². The van der Waals surface area contributed by atoms with Crippen molar-refractivity contribution in [2.24, 2.45) is 5.92 Å². The maximum atomic E-state index is 11.8. The molecule has 0 heterocycles. The van der Waals surface area contributed by atoms with E-state index in [0.717, 1.165) is 0 Å². The van der Waals surface area contributed by atoms with Gasteiger partial charge in [0.25, 0.3) is 0 Å². The van der Waals surface area contributed by atoms with E-state index in [9.17, 15) is 9.59 Å². The molecule has 17 heavy (non-hydrogen) atoms. The van der Waals surface area contributed by atoms with Crippen LogP contribution >= 0.6 is 0 Å². The average molecular weight is 240 g/mol. The summed E-state index contributed by atoms with van der Waals surface area (Å²) in [6.07, 6.45) is 5.85. The molecule has 0 saturated carbocycles. The van der Waals surface area contributed by atoms with Gasteiger partial charge in [-0.2, -0.15) is 0 Å². The van der Waals surface area contributed by atoms with Gasteiger partial charge in [-0.25, -0.2) is 4.79 Å². The molecule has 5 heteroatoms. The quantitative estimate of drug-likeness (QED) is 0.684. The number of carboxylic acid groups (broad SMARTS) is 1. The summed E-state index contributed by atoms with van der Waals surface area (Å²) >= 11 is 0. The highest BCUT2D eigenvalue weighted by Gasteiger charge is 2.19. The summed E-state index contributed by atoms with van der Waals surface area (Å²) < 4.78 is 0. The Balaban J connectivity index is 4.52. The third-order valence-corrected chi connectivity index (χ3v) is 2.11. The molecule has 5 nitrogen and oxygen atoms in total. The van der Waals surface area contributed by atoms with Crippen LogP contribution in [0.4, 0.5) is 4.79 Å². The number of amides is 2. The van der Waals surface area contributed by atoms with Crippen molar-refractivity contribution in [2.45, 2.75) is 33.2 Å². The largest absolute Gasteiger partial charge is 0.480 e. The Kier molecular flexibility index (Phi) is 6.80. The second-order valence-electron chi connectivity index (χ2n) is 4.25. The van der Waals surface area contributed by atoms with Gasteiger partial charge in [0.15, 0.2) is 0 Å². The first-order valence-electron chi connectivity index (χ1n) is 5.64. The molecular weight excluding hydrogens is 220 g/mol. The zero-order valence-corrected chi connectivity index (χ0v) is 10.6. The molecule has 0 aromatic carbocycles. The topological polar surface area (TPSA) is 69.6 Å². The molecule has 0 aliphatic heterocycles. The fourth-order valence-electron chi connectivity index (χ4n) is 1.33. The van der Waals surface area contributed by atoms with Gasteiger partial charge < -0.3 is 15.3 Å². The van der Waals surface area contributed by atoms with Crippen LogP contribution in [-0.4, -0.2) is 41.1 Å². The molecule has 0 aromatic heterocycles. The minimum atomic E-state index is -1.03. The minimum absolute atomic E-state index is 0.200. The Bertz CT molecular complexity index is 307. The molecule has 0 aromatic rings. The number of hydrogen-bond donors (Lipinski definition) is 2. The lowest BCUT2D eigenvalue weighted by molar-refractivity contribution is -0.137. The molecule has 0 rings (SSSR count). The van der Waals surface area contributed by atoms with Gasteiger partial charge in [0.1, 0.15) is 6.54 Å². The van der Waals surface area contributed by atoms with E-state index in [4.69, 9.17) is 11.5 Å². The number of terminal acetylenes is 1. The number of urea groups is 1. The summed E-state index contributed by atoms with van der Waals surface area (Å²) in [6.45, 7) is 5.76. The molecular formula is C12H20N2O3. The van der Waals surface area contributed by atoms with E-state index in [1.165, 1.54) is 4.90 Å². The predicted octanol–water partition coefficient (Wildman–Crippen LogP) is 1.15. The van der Waals surface area contributed by atoms with Crippen LogP contribution in [0.25, 0.3) is 0 Å². The summed E-state index contributed by atoms with van der Waals surface area (Å²) in [6, 6.07) is -0.781. The number of carbonyl (C=O) groups is 2. The van der Waals surface area contributed by atoms with E-state index in [0.29, 0.717) is 13.0 Å². The molecule has 0 bridgehead atoms. The van der Waals surface area contributed by atoms with Crippen LogP contribution < -0.4 is 5.32 Å². The zero-order chi connectivity index (χ0) is 13.4. The number of hydrogen-bond acceptors (Lipinski definition) is 2. The Morgan fingerprint density at radius 1 is 1.47 bits per heavy atom. The summed E-state index contributed by atoms with van der Waals surface area (Å²) in [5, 5.41) is 11.3. The Hall–Kier alpha value is -1.70. The summed E-state index contributed by atoms with van der Waals surface area (Å²) in [4.78, 5) is 23.7. The van der Waals surface area contributed by atoms with Crippen molar-refractivity contribution in [1.29, 1.82) is 0 Å². The third-order valence-electron chi connectivity index (χ3n) is 2.11. The number of aliphatic carboxylic acids is 1. The molecule has 2 amide bonds. The number of rotatable bonds is 6. The second kappa shape index (κ2) is 7.55. The molecule has 0 aliphatic rings.